The first-order valence-corrected chi connectivity index (χ1v) is 8.32. The lowest BCUT2D eigenvalue weighted by Crippen LogP contribution is -2.30. The van der Waals surface area contributed by atoms with Crippen LogP contribution in [0.3, 0.4) is 0 Å². The molecule has 132 valence electrons. The van der Waals surface area contributed by atoms with Crippen molar-refractivity contribution in [2.24, 2.45) is 0 Å². The third kappa shape index (κ3) is 3.89. The molecular weight excluding hydrogens is 344 g/mol. The first-order chi connectivity index (χ1) is 12.0. The molecule has 0 aliphatic carbocycles. The van der Waals surface area contributed by atoms with Crippen molar-refractivity contribution in [1.29, 1.82) is 0 Å². The minimum absolute atomic E-state index is 0.0166. The van der Waals surface area contributed by atoms with Gasteiger partial charge in [-0.1, -0.05) is 17.7 Å². The Morgan fingerprint density at radius 3 is 2.88 bits per heavy atom. The Morgan fingerprint density at radius 2 is 2.16 bits per heavy atom. The molecule has 0 amide bonds. The van der Waals surface area contributed by atoms with Gasteiger partial charge in [-0.05, 0) is 32.0 Å². The summed E-state index contributed by atoms with van der Waals surface area (Å²) in [5.41, 5.74) is 0.899. The summed E-state index contributed by atoms with van der Waals surface area (Å²) < 4.78 is 8.28. The van der Waals surface area contributed by atoms with Gasteiger partial charge < -0.3 is 9.84 Å². The molecule has 8 heteroatoms. The Labute approximate surface area is 149 Å². The summed E-state index contributed by atoms with van der Waals surface area (Å²) in [5.74, 6) is 0. The van der Waals surface area contributed by atoms with Gasteiger partial charge in [0, 0.05) is 5.02 Å². The van der Waals surface area contributed by atoms with Gasteiger partial charge >= 0.3 is 0 Å². The Kier molecular flexibility index (Phi) is 5.17. The number of hydrogen-bond acceptors (Lipinski definition) is 5. The maximum absolute atomic E-state index is 12.6. The molecule has 2 aromatic heterocycles. The normalized spacial score (nSPS) is 12.8. The number of halogens is 1. The molecule has 0 saturated carbocycles. The maximum atomic E-state index is 12.6. The van der Waals surface area contributed by atoms with Crippen molar-refractivity contribution < 1.29 is 9.84 Å². The van der Waals surface area contributed by atoms with Crippen molar-refractivity contribution in [2.75, 3.05) is 6.61 Å². The summed E-state index contributed by atoms with van der Waals surface area (Å²) >= 11 is 6.01. The van der Waals surface area contributed by atoms with E-state index in [2.05, 4.69) is 10.1 Å². The van der Waals surface area contributed by atoms with Crippen LogP contribution in [0.2, 0.25) is 5.02 Å². The third-order valence-corrected chi connectivity index (χ3v) is 3.87. The zero-order valence-electron chi connectivity index (χ0n) is 14.0. The van der Waals surface area contributed by atoms with Crippen molar-refractivity contribution >= 4 is 22.6 Å². The number of nitrogens with zero attached hydrogens (tertiary/aromatic N) is 4. The molecule has 25 heavy (non-hydrogen) atoms. The van der Waals surface area contributed by atoms with E-state index in [9.17, 15) is 9.90 Å². The fourth-order valence-corrected chi connectivity index (χ4v) is 2.64. The van der Waals surface area contributed by atoms with E-state index in [1.807, 2.05) is 19.9 Å². The highest BCUT2D eigenvalue weighted by molar-refractivity contribution is 6.30. The average Bonchev–Trinajstić information content (AvgIpc) is 3.00. The van der Waals surface area contributed by atoms with Crippen LogP contribution in [0.25, 0.3) is 16.7 Å². The first kappa shape index (κ1) is 17.6. The Morgan fingerprint density at radius 1 is 1.36 bits per heavy atom. The molecule has 3 rings (SSSR count). The van der Waals surface area contributed by atoms with Gasteiger partial charge in [0.25, 0.3) is 5.56 Å². The van der Waals surface area contributed by atoms with E-state index in [0.717, 1.165) is 5.69 Å². The van der Waals surface area contributed by atoms with Crippen LogP contribution < -0.4 is 5.56 Å². The smallest absolute Gasteiger partial charge is 0.264 e. The minimum atomic E-state index is -0.790. The van der Waals surface area contributed by atoms with Crippen LogP contribution in [0, 0.1) is 0 Å². The van der Waals surface area contributed by atoms with Gasteiger partial charge in [-0.3, -0.25) is 9.36 Å². The van der Waals surface area contributed by atoms with Crippen LogP contribution in [0.1, 0.15) is 13.8 Å². The summed E-state index contributed by atoms with van der Waals surface area (Å²) in [6.07, 6.45) is 2.11. The lowest BCUT2D eigenvalue weighted by molar-refractivity contribution is -0.00111. The summed E-state index contributed by atoms with van der Waals surface area (Å²) in [7, 11) is 0. The number of benzene rings is 1. The second-order valence-corrected chi connectivity index (χ2v) is 6.45. The first-order valence-electron chi connectivity index (χ1n) is 7.94. The fraction of sp³-hybridized carbons (Fsp3) is 0.353. The third-order valence-electron chi connectivity index (χ3n) is 3.64. The molecule has 7 nitrogen and oxygen atoms in total. The van der Waals surface area contributed by atoms with E-state index in [0.29, 0.717) is 16.1 Å². The van der Waals surface area contributed by atoms with Gasteiger partial charge in [0.2, 0.25) is 0 Å². The summed E-state index contributed by atoms with van der Waals surface area (Å²) in [5, 5.41) is 15.2. The van der Waals surface area contributed by atoms with Crippen molar-refractivity contribution in [2.45, 2.75) is 32.6 Å². The molecule has 0 aliphatic heterocycles. The van der Waals surface area contributed by atoms with Crippen LogP contribution in [-0.4, -0.2) is 43.3 Å². The van der Waals surface area contributed by atoms with Crippen LogP contribution in [0.5, 0.6) is 0 Å². The van der Waals surface area contributed by atoms with Gasteiger partial charge in [0.05, 0.1) is 37.2 Å². The topological polar surface area (TPSA) is 82.2 Å². The zero-order chi connectivity index (χ0) is 18.0. The molecule has 0 bridgehead atoms. The van der Waals surface area contributed by atoms with Crippen molar-refractivity contribution in [1.82, 2.24) is 19.3 Å². The number of ether oxygens (including phenoxy) is 1. The van der Waals surface area contributed by atoms with Gasteiger partial charge in [0.15, 0.2) is 5.65 Å². The Balaban J connectivity index is 1.90. The molecule has 3 aromatic rings. The predicted molar refractivity (Wildman–Crippen MR) is 95.2 cm³/mol. The molecule has 2 heterocycles. The highest BCUT2D eigenvalue weighted by Gasteiger charge is 2.14. The highest BCUT2D eigenvalue weighted by atomic mass is 35.5. The van der Waals surface area contributed by atoms with Crippen LogP contribution in [0.4, 0.5) is 0 Å². The van der Waals surface area contributed by atoms with Crippen LogP contribution in [0.15, 0.2) is 41.6 Å². The van der Waals surface area contributed by atoms with Gasteiger partial charge in [-0.2, -0.15) is 5.10 Å². The molecule has 0 saturated heterocycles. The fourth-order valence-electron chi connectivity index (χ4n) is 2.46. The van der Waals surface area contributed by atoms with Crippen molar-refractivity contribution in [3.8, 4) is 5.69 Å². The van der Waals surface area contributed by atoms with E-state index in [1.165, 1.54) is 17.1 Å². The molecule has 0 radical (unpaired) electrons. The Hall–Kier alpha value is -2.22. The molecular formula is C17H19ClN4O3. The summed E-state index contributed by atoms with van der Waals surface area (Å²) in [4.78, 5) is 16.9. The summed E-state index contributed by atoms with van der Waals surface area (Å²) in [6.45, 7) is 4.04. The van der Waals surface area contributed by atoms with Crippen LogP contribution >= 0.6 is 11.6 Å². The molecule has 0 fully saturated rings. The average molecular weight is 363 g/mol. The van der Waals surface area contributed by atoms with E-state index in [1.54, 1.807) is 22.9 Å². The highest BCUT2D eigenvalue weighted by Crippen LogP contribution is 2.17. The van der Waals surface area contributed by atoms with E-state index in [-0.39, 0.29) is 24.8 Å². The quantitative estimate of drug-likeness (QED) is 0.725. The molecule has 1 atom stereocenters. The van der Waals surface area contributed by atoms with Crippen LogP contribution in [-0.2, 0) is 11.3 Å². The second-order valence-electron chi connectivity index (χ2n) is 6.01. The molecule has 0 spiro atoms. The maximum Gasteiger partial charge on any atom is 0.264 e. The minimum Gasteiger partial charge on any atom is -0.389 e. The standard InChI is InChI=1S/C17H19ClN4O3/c1-11(2)25-9-14(23)8-21-10-19-16-15(17(21)24)7-20-22(16)13-5-3-4-12(18)6-13/h3-7,10-11,14,23H,8-9H2,1-2H3. The Bertz CT molecular complexity index is 935. The molecule has 0 aliphatic rings. The van der Waals surface area contributed by atoms with Crippen molar-refractivity contribution in [3.05, 3.63) is 52.2 Å². The van der Waals surface area contributed by atoms with E-state index in [4.69, 9.17) is 16.3 Å². The van der Waals surface area contributed by atoms with Gasteiger partial charge in [-0.25, -0.2) is 9.67 Å². The number of aliphatic hydroxyl groups is 1. The van der Waals surface area contributed by atoms with E-state index >= 15 is 0 Å². The lowest BCUT2D eigenvalue weighted by Gasteiger charge is -2.14. The number of aromatic nitrogens is 4. The van der Waals surface area contributed by atoms with E-state index < -0.39 is 6.10 Å². The number of hydrogen-bond donors (Lipinski definition) is 1. The monoisotopic (exact) mass is 362 g/mol. The predicted octanol–water partition coefficient (Wildman–Crippen LogP) is 2.02. The SMILES string of the molecule is CC(C)OCC(O)Cn1cnc2c(cnn2-c2cccc(Cl)c2)c1=O. The van der Waals surface area contributed by atoms with Gasteiger partial charge in [0.1, 0.15) is 11.7 Å². The molecule has 1 aromatic carbocycles. The number of aliphatic hydroxyl groups excluding tert-OH is 1. The van der Waals surface area contributed by atoms with Crippen molar-refractivity contribution in [3.63, 3.8) is 0 Å². The second kappa shape index (κ2) is 7.35. The molecule has 1 unspecified atom stereocenters. The number of rotatable bonds is 6. The number of fused-ring (bicyclic) bond motifs is 1. The molecule has 1 N–H and O–H groups in total. The van der Waals surface area contributed by atoms with Gasteiger partial charge in [-0.15, -0.1) is 0 Å². The largest absolute Gasteiger partial charge is 0.389 e. The summed E-state index contributed by atoms with van der Waals surface area (Å²) in [6, 6.07) is 7.14. The zero-order valence-corrected chi connectivity index (χ0v) is 14.7. The lowest BCUT2D eigenvalue weighted by atomic mass is 10.3.